The Morgan fingerprint density at radius 1 is 1.32 bits per heavy atom. The third kappa shape index (κ3) is 3.79. The van der Waals surface area contributed by atoms with E-state index in [-0.39, 0.29) is 23.2 Å². The lowest BCUT2D eigenvalue weighted by molar-refractivity contribution is -0.384. The molecular formula is C16H18FN3O2. The number of nitrogens with one attached hydrogen (secondary N) is 1. The Hall–Kier alpha value is -2.47. The van der Waals surface area contributed by atoms with Gasteiger partial charge in [-0.2, -0.15) is 0 Å². The monoisotopic (exact) mass is 303 g/mol. The number of nitrogens with zero attached hydrogens (tertiary/aromatic N) is 1. The first-order valence-electron chi connectivity index (χ1n) is 6.99. The van der Waals surface area contributed by atoms with Crippen molar-refractivity contribution in [1.29, 1.82) is 0 Å². The molecule has 0 spiro atoms. The average molecular weight is 303 g/mol. The van der Waals surface area contributed by atoms with Gasteiger partial charge < -0.3 is 11.1 Å². The highest BCUT2D eigenvalue weighted by molar-refractivity contribution is 5.59. The van der Waals surface area contributed by atoms with Gasteiger partial charge in [-0.05, 0) is 43.1 Å². The van der Waals surface area contributed by atoms with Crippen LogP contribution >= 0.6 is 0 Å². The van der Waals surface area contributed by atoms with Crippen molar-refractivity contribution in [2.45, 2.75) is 19.4 Å². The Balaban J connectivity index is 1.98. The van der Waals surface area contributed by atoms with E-state index in [2.05, 4.69) is 5.32 Å². The van der Waals surface area contributed by atoms with E-state index >= 15 is 0 Å². The Labute approximate surface area is 128 Å². The lowest BCUT2D eigenvalue weighted by Crippen LogP contribution is -2.21. The van der Waals surface area contributed by atoms with Gasteiger partial charge in [0.15, 0.2) is 0 Å². The minimum atomic E-state index is -0.495. The summed E-state index contributed by atoms with van der Waals surface area (Å²) in [6.07, 6.45) is 0.550. The standard InChI is InChI=1S/C16H18FN3O2/c1-11(13-6-7-15(18)16(10-13)20(21)22)19-9-8-12-4-2-3-5-14(12)17/h2-7,10-11,19H,8-9,18H2,1H3. The van der Waals surface area contributed by atoms with Crippen molar-refractivity contribution in [3.8, 4) is 0 Å². The zero-order valence-corrected chi connectivity index (χ0v) is 12.3. The molecule has 2 aromatic rings. The lowest BCUT2D eigenvalue weighted by atomic mass is 10.1. The lowest BCUT2D eigenvalue weighted by Gasteiger charge is -2.14. The minimum Gasteiger partial charge on any atom is -0.393 e. The first kappa shape index (κ1) is 15.9. The van der Waals surface area contributed by atoms with Gasteiger partial charge in [-0.25, -0.2) is 4.39 Å². The molecule has 0 aliphatic heterocycles. The molecule has 5 nitrogen and oxygen atoms in total. The van der Waals surface area contributed by atoms with Crippen LogP contribution in [0.3, 0.4) is 0 Å². The maximum Gasteiger partial charge on any atom is 0.292 e. The first-order chi connectivity index (χ1) is 10.5. The van der Waals surface area contributed by atoms with Gasteiger partial charge in [-0.1, -0.05) is 24.3 Å². The van der Waals surface area contributed by atoms with Gasteiger partial charge in [0.1, 0.15) is 11.5 Å². The fraction of sp³-hybridized carbons (Fsp3) is 0.250. The van der Waals surface area contributed by atoms with Crippen molar-refractivity contribution in [2.24, 2.45) is 0 Å². The summed E-state index contributed by atoms with van der Waals surface area (Å²) in [7, 11) is 0. The largest absolute Gasteiger partial charge is 0.393 e. The van der Waals surface area contributed by atoms with E-state index in [4.69, 9.17) is 5.73 Å². The molecular weight excluding hydrogens is 285 g/mol. The van der Waals surface area contributed by atoms with Crippen LogP contribution in [0.25, 0.3) is 0 Å². The molecule has 0 radical (unpaired) electrons. The quantitative estimate of drug-likeness (QED) is 0.488. The Bertz CT molecular complexity index is 676. The predicted molar refractivity (Wildman–Crippen MR) is 84.0 cm³/mol. The van der Waals surface area contributed by atoms with Crippen LogP contribution in [0.2, 0.25) is 0 Å². The average Bonchev–Trinajstić information content (AvgIpc) is 2.49. The second-order valence-corrected chi connectivity index (χ2v) is 5.09. The zero-order chi connectivity index (χ0) is 16.1. The Morgan fingerprint density at radius 3 is 2.73 bits per heavy atom. The van der Waals surface area contributed by atoms with Gasteiger partial charge in [0.2, 0.25) is 0 Å². The van der Waals surface area contributed by atoms with E-state index in [9.17, 15) is 14.5 Å². The molecule has 1 atom stereocenters. The number of nitrogens with two attached hydrogens (primary N) is 1. The number of rotatable bonds is 6. The third-order valence-electron chi connectivity index (χ3n) is 3.55. The summed E-state index contributed by atoms with van der Waals surface area (Å²) in [4.78, 5) is 10.4. The van der Waals surface area contributed by atoms with Crippen LogP contribution in [0.5, 0.6) is 0 Å². The molecule has 0 aromatic heterocycles. The van der Waals surface area contributed by atoms with Crippen LogP contribution in [0.1, 0.15) is 24.1 Å². The highest BCUT2D eigenvalue weighted by atomic mass is 19.1. The number of benzene rings is 2. The molecule has 1 unspecified atom stereocenters. The SMILES string of the molecule is CC(NCCc1ccccc1F)c1ccc(N)c([N+](=O)[O-])c1. The molecule has 2 rings (SSSR count). The predicted octanol–water partition coefficient (Wildman–Crippen LogP) is 3.21. The van der Waals surface area contributed by atoms with Gasteiger partial charge in [0.05, 0.1) is 4.92 Å². The molecule has 0 heterocycles. The summed E-state index contributed by atoms with van der Waals surface area (Å²) in [6.45, 7) is 2.47. The van der Waals surface area contributed by atoms with Crippen molar-refractivity contribution >= 4 is 11.4 Å². The second kappa shape index (κ2) is 7.00. The summed E-state index contributed by atoms with van der Waals surface area (Å²) in [5.41, 5.74) is 7.04. The summed E-state index contributed by atoms with van der Waals surface area (Å²) in [6, 6.07) is 11.3. The number of hydrogen-bond acceptors (Lipinski definition) is 4. The second-order valence-electron chi connectivity index (χ2n) is 5.09. The molecule has 2 aromatic carbocycles. The molecule has 0 bridgehead atoms. The van der Waals surface area contributed by atoms with E-state index < -0.39 is 4.92 Å². The minimum absolute atomic E-state index is 0.0916. The molecule has 0 saturated heterocycles. The van der Waals surface area contributed by atoms with Crippen molar-refractivity contribution in [3.63, 3.8) is 0 Å². The third-order valence-corrected chi connectivity index (χ3v) is 3.55. The summed E-state index contributed by atoms with van der Waals surface area (Å²) in [5.74, 6) is -0.222. The van der Waals surface area contributed by atoms with Gasteiger partial charge in [-0.3, -0.25) is 10.1 Å². The van der Waals surface area contributed by atoms with E-state index in [1.165, 1.54) is 18.2 Å². The van der Waals surface area contributed by atoms with E-state index in [0.29, 0.717) is 18.5 Å². The fourth-order valence-corrected chi connectivity index (χ4v) is 2.23. The number of halogens is 1. The van der Waals surface area contributed by atoms with Crippen molar-refractivity contribution in [1.82, 2.24) is 5.32 Å². The summed E-state index contributed by atoms with van der Waals surface area (Å²) in [5, 5.41) is 14.1. The molecule has 116 valence electrons. The van der Waals surface area contributed by atoms with Crippen LogP contribution in [0.4, 0.5) is 15.8 Å². The maximum atomic E-state index is 13.5. The number of nitro groups is 1. The molecule has 0 fully saturated rings. The smallest absolute Gasteiger partial charge is 0.292 e. The first-order valence-corrected chi connectivity index (χ1v) is 6.99. The van der Waals surface area contributed by atoms with Gasteiger partial charge >= 0.3 is 0 Å². The van der Waals surface area contributed by atoms with Crippen LogP contribution in [0, 0.1) is 15.9 Å². The van der Waals surface area contributed by atoms with Crippen LogP contribution in [-0.4, -0.2) is 11.5 Å². The number of hydrogen-bond donors (Lipinski definition) is 2. The zero-order valence-electron chi connectivity index (χ0n) is 12.3. The van der Waals surface area contributed by atoms with E-state index in [0.717, 1.165) is 5.56 Å². The van der Waals surface area contributed by atoms with Crippen molar-refractivity contribution in [2.75, 3.05) is 12.3 Å². The van der Waals surface area contributed by atoms with Crippen LogP contribution < -0.4 is 11.1 Å². The van der Waals surface area contributed by atoms with E-state index in [1.807, 2.05) is 6.92 Å². The van der Waals surface area contributed by atoms with Crippen LogP contribution in [0.15, 0.2) is 42.5 Å². The fourth-order valence-electron chi connectivity index (χ4n) is 2.23. The van der Waals surface area contributed by atoms with Gasteiger partial charge in [-0.15, -0.1) is 0 Å². The molecule has 22 heavy (non-hydrogen) atoms. The number of anilines is 1. The molecule has 3 N–H and O–H groups in total. The molecule has 0 aliphatic carbocycles. The van der Waals surface area contributed by atoms with Gasteiger partial charge in [0.25, 0.3) is 5.69 Å². The number of nitro benzene ring substituents is 1. The summed E-state index contributed by atoms with van der Waals surface area (Å²) < 4.78 is 13.5. The molecule has 0 aliphatic rings. The number of nitrogen functional groups attached to an aromatic ring is 1. The summed E-state index contributed by atoms with van der Waals surface area (Å²) >= 11 is 0. The highest BCUT2D eigenvalue weighted by Crippen LogP contribution is 2.25. The normalized spacial score (nSPS) is 12.1. The highest BCUT2D eigenvalue weighted by Gasteiger charge is 2.14. The molecule has 0 saturated carbocycles. The Morgan fingerprint density at radius 2 is 2.05 bits per heavy atom. The maximum absolute atomic E-state index is 13.5. The Kier molecular flexibility index (Phi) is 5.06. The van der Waals surface area contributed by atoms with E-state index in [1.54, 1.807) is 24.3 Å². The van der Waals surface area contributed by atoms with Crippen LogP contribution in [-0.2, 0) is 6.42 Å². The topological polar surface area (TPSA) is 81.2 Å². The van der Waals surface area contributed by atoms with Gasteiger partial charge in [0, 0.05) is 12.1 Å². The molecule has 6 heteroatoms. The molecule has 0 amide bonds. The van der Waals surface area contributed by atoms with Crippen molar-refractivity contribution < 1.29 is 9.31 Å². The van der Waals surface area contributed by atoms with Crippen molar-refractivity contribution in [3.05, 3.63) is 69.5 Å².